The molecule has 0 unspecified atom stereocenters. The first-order chi connectivity index (χ1) is 7.16. The molecule has 1 aromatic carbocycles. The van der Waals surface area contributed by atoms with Gasteiger partial charge in [-0.05, 0) is 40.3 Å². The van der Waals surface area contributed by atoms with Crippen molar-refractivity contribution in [1.29, 1.82) is 0 Å². The van der Waals surface area contributed by atoms with Crippen molar-refractivity contribution in [2.24, 2.45) is 0 Å². The van der Waals surface area contributed by atoms with E-state index in [1.165, 1.54) is 0 Å². The first kappa shape index (κ1) is 14.2. The van der Waals surface area contributed by atoms with E-state index in [1.807, 2.05) is 0 Å². The third-order valence-electron chi connectivity index (χ3n) is 2.06. The highest BCUT2D eigenvalue weighted by Gasteiger charge is 2.43. The summed E-state index contributed by atoms with van der Waals surface area (Å²) in [6.07, 6.45) is -0.0990. The Morgan fingerprint density at radius 3 is 2.25 bits per heavy atom. The number of alkyl halides is 2. The zero-order valence-electron chi connectivity index (χ0n) is 8.39. The molecule has 3 N–H and O–H groups in total. The van der Waals surface area contributed by atoms with Crippen molar-refractivity contribution in [3.05, 3.63) is 29.8 Å². The average Bonchev–Trinajstić information content (AvgIpc) is 2.16. The fourth-order valence-electron chi connectivity index (χ4n) is 1.08. The Bertz CT molecular complexity index is 472. The highest BCUT2D eigenvalue weighted by Crippen LogP contribution is 2.44. The summed E-state index contributed by atoms with van der Waals surface area (Å²) in [5.74, 6) is 0. The number of hydrogen-bond acceptors (Lipinski definition) is 4. The van der Waals surface area contributed by atoms with Gasteiger partial charge >= 0.3 is 0 Å². The first-order valence-corrected chi connectivity index (χ1v) is 8.03. The van der Waals surface area contributed by atoms with Gasteiger partial charge in [0.1, 0.15) is 6.10 Å². The molecule has 1 aromatic rings. The lowest BCUT2D eigenvalue weighted by Crippen LogP contribution is -2.31. The van der Waals surface area contributed by atoms with E-state index in [2.05, 4.69) is 15.9 Å². The number of halogens is 2. The Morgan fingerprint density at radius 2 is 1.88 bits per heavy atom. The number of hydrogen-bond donors (Lipinski definition) is 2. The molecular formula is C9H11BrINO3S. The summed E-state index contributed by atoms with van der Waals surface area (Å²) in [5.41, 5.74) is 6.56. The zero-order valence-corrected chi connectivity index (χ0v) is 13.0. The zero-order chi connectivity index (χ0) is 12.6. The van der Waals surface area contributed by atoms with E-state index in [9.17, 15) is 13.5 Å². The van der Waals surface area contributed by atoms with Crippen molar-refractivity contribution < 1.29 is 13.5 Å². The van der Waals surface area contributed by atoms with Gasteiger partial charge in [0.05, 0.1) is 0 Å². The summed E-state index contributed by atoms with van der Waals surface area (Å²) in [6, 6.07) is 6.42. The molecule has 0 spiro atoms. The summed E-state index contributed by atoms with van der Waals surface area (Å²) < 4.78 is 21.6. The summed E-state index contributed by atoms with van der Waals surface area (Å²) in [4.78, 5) is 0. The lowest BCUT2D eigenvalue weighted by Gasteiger charge is -2.25. The van der Waals surface area contributed by atoms with Crippen LogP contribution in [0.1, 0.15) is 11.7 Å². The highest BCUT2D eigenvalue weighted by molar-refractivity contribution is 14.1. The van der Waals surface area contributed by atoms with Crippen LogP contribution in [0.4, 0.5) is 5.69 Å². The van der Waals surface area contributed by atoms with Crippen molar-refractivity contribution >= 4 is 54.0 Å². The Kier molecular flexibility index (Phi) is 4.25. The molecule has 16 heavy (non-hydrogen) atoms. The Hall–Kier alpha value is 0.140. The predicted molar refractivity (Wildman–Crippen MR) is 76.3 cm³/mol. The van der Waals surface area contributed by atoms with Gasteiger partial charge in [-0.1, -0.05) is 28.1 Å². The van der Waals surface area contributed by atoms with Crippen LogP contribution in [-0.2, 0) is 9.84 Å². The predicted octanol–water partition coefficient (Wildman–Crippen LogP) is 1.83. The molecule has 0 heterocycles. The van der Waals surface area contributed by atoms with Crippen molar-refractivity contribution in [1.82, 2.24) is 0 Å². The summed E-state index contributed by atoms with van der Waals surface area (Å²) in [7, 11) is -3.44. The van der Waals surface area contributed by atoms with E-state index in [0.717, 1.165) is 6.26 Å². The fourth-order valence-corrected chi connectivity index (χ4v) is 2.24. The van der Waals surface area contributed by atoms with Crippen LogP contribution >= 0.6 is 38.5 Å². The van der Waals surface area contributed by atoms with E-state index in [4.69, 9.17) is 5.73 Å². The van der Waals surface area contributed by atoms with Crippen molar-refractivity contribution in [2.45, 2.75) is 7.77 Å². The molecule has 0 aliphatic rings. The smallest absolute Gasteiger partial charge is 0.206 e. The number of nitrogen functional groups attached to an aromatic ring is 1. The van der Waals surface area contributed by atoms with Crippen LogP contribution in [-0.4, -0.2) is 21.4 Å². The van der Waals surface area contributed by atoms with Crippen molar-refractivity contribution in [3.8, 4) is 0 Å². The molecule has 4 nitrogen and oxygen atoms in total. The maximum atomic E-state index is 11.5. The second kappa shape index (κ2) is 4.79. The van der Waals surface area contributed by atoms with E-state index in [0.29, 0.717) is 11.3 Å². The normalized spacial score (nSPS) is 17.8. The van der Waals surface area contributed by atoms with E-state index in [-0.39, 0.29) is 0 Å². The second-order valence-electron chi connectivity index (χ2n) is 3.40. The molecule has 1 rings (SSSR count). The van der Waals surface area contributed by atoms with Gasteiger partial charge in [-0.15, -0.1) is 0 Å². The topological polar surface area (TPSA) is 80.4 Å². The SMILES string of the molecule is CS(=O)(=O)[C@](Br)(I)[C@@H](O)c1ccc(N)cc1. The van der Waals surface area contributed by atoms with Crippen LogP contribution in [0.25, 0.3) is 0 Å². The molecule has 0 bridgehead atoms. The van der Waals surface area contributed by atoms with Crippen molar-refractivity contribution in [3.63, 3.8) is 0 Å². The van der Waals surface area contributed by atoms with Gasteiger partial charge in [0.25, 0.3) is 0 Å². The number of benzene rings is 1. The molecule has 0 saturated heterocycles. The van der Waals surface area contributed by atoms with E-state index < -0.39 is 17.6 Å². The van der Waals surface area contributed by atoms with Gasteiger partial charge < -0.3 is 10.8 Å². The van der Waals surface area contributed by atoms with Crippen LogP contribution in [0, 0.1) is 0 Å². The average molecular weight is 420 g/mol. The van der Waals surface area contributed by atoms with Gasteiger partial charge in [0.2, 0.25) is 1.66 Å². The summed E-state index contributed by atoms with van der Waals surface area (Å²) in [5, 5.41) is 10.0. The molecule has 0 aliphatic heterocycles. The third kappa shape index (κ3) is 2.88. The van der Waals surface area contributed by atoms with Crippen molar-refractivity contribution in [2.75, 3.05) is 12.0 Å². The summed E-state index contributed by atoms with van der Waals surface area (Å²) in [6.45, 7) is 0. The monoisotopic (exact) mass is 419 g/mol. The number of rotatable bonds is 3. The minimum absolute atomic E-state index is 0.492. The molecule has 0 radical (unpaired) electrons. The number of anilines is 1. The molecule has 0 aliphatic carbocycles. The fraction of sp³-hybridized carbons (Fsp3) is 0.333. The van der Waals surface area contributed by atoms with Gasteiger partial charge in [-0.3, -0.25) is 0 Å². The molecule has 0 saturated carbocycles. The number of sulfone groups is 1. The molecule has 7 heteroatoms. The molecule has 0 amide bonds. The second-order valence-corrected chi connectivity index (χ2v) is 11.3. The Balaban J connectivity index is 3.12. The maximum absolute atomic E-state index is 11.5. The van der Waals surface area contributed by atoms with Gasteiger partial charge in [0.15, 0.2) is 9.84 Å². The molecule has 90 valence electrons. The van der Waals surface area contributed by atoms with Gasteiger partial charge in [-0.2, -0.15) is 0 Å². The molecule has 0 aromatic heterocycles. The first-order valence-electron chi connectivity index (χ1n) is 4.27. The Labute approximate surface area is 116 Å². The lowest BCUT2D eigenvalue weighted by atomic mass is 10.1. The van der Waals surface area contributed by atoms with E-state index in [1.54, 1.807) is 46.9 Å². The van der Waals surface area contributed by atoms with Gasteiger partial charge in [0, 0.05) is 11.9 Å². The number of aliphatic hydroxyl groups is 1. The standard InChI is InChI=1S/C9H11BrINO3S/c1-16(14,15)9(10,11)8(13)6-2-4-7(12)5-3-6/h2-5,8,13H,12H2,1H3/t8-,9+/m0/s1. The lowest BCUT2D eigenvalue weighted by molar-refractivity contribution is 0.191. The summed E-state index contributed by atoms with van der Waals surface area (Å²) >= 11 is 4.71. The van der Waals surface area contributed by atoms with Crippen LogP contribution in [0.3, 0.4) is 0 Å². The highest BCUT2D eigenvalue weighted by atomic mass is 127. The molecule has 0 fully saturated rings. The van der Waals surface area contributed by atoms with E-state index >= 15 is 0 Å². The molecular weight excluding hydrogens is 409 g/mol. The maximum Gasteiger partial charge on any atom is 0.206 e. The third-order valence-corrected chi connectivity index (χ3v) is 8.46. The van der Waals surface area contributed by atoms with Gasteiger partial charge in [-0.25, -0.2) is 8.42 Å². The number of aliphatic hydroxyl groups excluding tert-OH is 1. The minimum atomic E-state index is -3.44. The number of nitrogens with two attached hydrogens (primary N) is 1. The quantitative estimate of drug-likeness (QED) is 0.445. The van der Waals surface area contributed by atoms with Crippen LogP contribution in [0.5, 0.6) is 0 Å². The van der Waals surface area contributed by atoms with Crippen LogP contribution in [0.15, 0.2) is 24.3 Å². The van der Waals surface area contributed by atoms with Crippen LogP contribution < -0.4 is 5.73 Å². The molecule has 2 atom stereocenters. The Morgan fingerprint density at radius 1 is 1.44 bits per heavy atom. The van der Waals surface area contributed by atoms with Crippen LogP contribution in [0.2, 0.25) is 0 Å². The minimum Gasteiger partial charge on any atom is -0.399 e. The largest absolute Gasteiger partial charge is 0.399 e.